The maximum absolute atomic E-state index is 11.6. The van der Waals surface area contributed by atoms with E-state index in [1.807, 2.05) is 11.5 Å². The Morgan fingerprint density at radius 3 is 2.22 bits per heavy atom. The van der Waals surface area contributed by atoms with Crippen LogP contribution in [-0.2, 0) is 10.3 Å². The summed E-state index contributed by atoms with van der Waals surface area (Å²) in [7, 11) is 1.34. The molecule has 1 aromatic heterocycles. The SMILES string of the molecule is CCC(CC)(CC)n1c(C)nc(C(=O)OC)c1N. The van der Waals surface area contributed by atoms with Gasteiger partial charge in [0.15, 0.2) is 5.69 Å². The van der Waals surface area contributed by atoms with E-state index in [0.717, 1.165) is 25.1 Å². The van der Waals surface area contributed by atoms with Crippen molar-refractivity contribution >= 4 is 11.8 Å². The summed E-state index contributed by atoms with van der Waals surface area (Å²) in [6.07, 6.45) is 2.84. The van der Waals surface area contributed by atoms with Crippen molar-refractivity contribution in [2.75, 3.05) is 12.8 Å². The van der Waals surface area contributed by atoms with Gasteiger partial charge in [0.1, 0.15) is 11.6 Å². The second kappa shape index (κ2) is 5.42. The second-order valence-electron chi connectivity index (χ2n) is 4.50. The molecule has 0 saturated heterocycles. The molecule has 5 nitrogen and oxygen atoms in total. The van der Waals surface area contributed by atoms with Crippen LogP contribution in [0.5, 0.6) is 0 Å². The molecule has 0 atom stereocenters. The number of aryl methyl sites for hydroxylation is 1. The maximum Gasteiger partial charge on any atom is 0.360 e. The molecule has 0 bridgehead atoms. The van der Waals surface area contributed by atoms with Crippen molar-refractivity contribution in [3.63, 3.8) is 0 Å². The first-order valence-corrected chi connectivity index (χ1v) is 6.41. The molecule has 2 N–H and O–H groups in total. The normalized spacial score (nSPS) is 11.6. The van der Waals surface area contributed by atoms with Crippen LogP contribution in [0.25, 0.3) is 0 Å². The van der Waals surface area contributed by atoms with Crippen LogP contribution in [0, 0.1) is 6.92 Å². The highest BCUT2D eigenvalue weighted by atomic mass is 16.5. The van der Waals surface area contributed by atoms with E-state index in [-0.39, 0.29) is 11.2 Å². The lowest BCUT2D eigenvalue weighted by atomic mass is 9.89. The average molecular weight is 253 g/mol. The molecule has 0 fully saturated rings. The molecule has 0 radical (unpaired) electrons. The summed E-state index contributed by atoms with van der Waals surface area (Å²) in [6, 6.07) is 0. The quantitative estimate of drug-likeness (QED) is 0.818. The van der Waals surface area contributed by atoms with Gasteiger partial charge >= 0.3 is 5.97 Å². The highest BCUT2D eigenvalue weighted by Gasteiger charge is 2.32. The van der Waals surface area contributed by atoms with Crippen molar-refractivity contribution in [3.8, 4) is 0 Å². The number of ether oxygens (including phenoxy) is 1. The van der Waals surface area contributed by atoms with E-state index in [0.29, 0.717) is 5.82 Å². The van der Waals surface area contributed by atoms with Crippen molar-refractivity contribution in [3.05, 3.63) is 11.5 Å². The number of imidazole rings is 1. The Hall–Kier alpha value is -1.52. The zero-order valence-electron chi connectivity index (χ0n) is 11.9. The van der Waals surface area contributed by atoms with E-state index in [2.05, 4.69) is 25.8 Å². The van der Waals surface area contributed by atoms with E-state index < -0.39 is 5.97 Å². The summed E-state index contributed by atoms with van der Waals surface area (Å²) >= 11 is 0. The van der Waals surface area contributed by atoms with Gasteiger partial charge in [-0.3, -0.25) is 0 Å². The Morgan fingerprint density at radius 1 is 1.33 bits per heavy atom. The number of aromatic nitrogens is 2. The minimum absolute atomic E-state index is 0.0760. The smallest absolute Gasteiger partial charge is 0.360 e. The highest BCUT2D eigenvalue weighted by Crippen LogP contribution is 2.34. The predicted octanol–water partition coefficient (Wildman–Crippen LogP) is 2.49. The topological polar surface area (TPSA) is 70.1 Å². The molecule has 0 aliphatic rings. The van der Waals surface area contributed by atoms with Gasteiger partial charge in [0.25, 0.3) is 0 Å². The molecule has 0 aliphatic heterocycles. The van der Waals surface area contributed by atoms with Crippen LogP contribution in [0.4, 0.5) is 5.82 Å². The van der Waals surface area contributed by atoms with Gasteiger partial charge in [-0.2, -0.15) is 0 Å². The summed E-state index contributed by atoms with van der Waals surface area (Å²) in [5.41, 5.74) is 6.23. The van der Waals surface area contributed by atoms with E-state index in [4.69, 9.17) is 10.5 Å². The third-order valence-corrected chi connectivity index (χ3v) is 3.91. The molecule has 0 saturated carbocycles. The van der Waals surface area contributed by atoms with Gasteiger partial charge in [0, 0.05) is 5.54 Å². The van der Waals surface area contributed by atoms with E-state index in [1.165, 1.54) is 7.11 Å². The molecule has 0 spiro atoms. The van der Waals surface area contributed by atoms with Gasteiger partial charge < -0.3 is 15.0 Å². The first kappa shape index (κ1) is 14.5. The third kappa shape index (κ3) is 2.09. The van der Waals surface area contributed by atoms with E-state index >= 15 is 0 Å². The lowest BCUT2D eigenvalue weighted by Gasteiger charge is -2.34. The lowest BCUT2D eigenvalue weighted by molar-refractivity contribution is 0.0595. The molecule has 102 valence electrons. The molecule has 18 heavy (non-hydrogen) atoms. The summed E-state index contributed by atoms with van der Waals surface area (Å²) in [4.78, 5) is 15.9. The first-order chi connectivity index (χ1) is 8.47. The van der Waals surface area contributed by atoms with Crippen LogP contribution in [0.2, 0.25) is 0 Å². The number of esters is 1. The fourth-order valence-electron chi connectivity index (χ4n) is 2.62. The Balaban J connectivity index is 3.41. The molecule has 0 unspecified atom stereocenters. The number of nitrogens with two attached hydrogens (primary N) is 1. The molecule has 5 heteroatoms. The number of carbonyl (C=O) groups is 1. The number of nitrogen functional groups attached to an aromatic ring is 1. The van der Waals surface area contributed by atoms with Crippen LogP contribution in [-0.4, -0.2) is 22.6 Å². The number of carbonyl (C=O) groups excluding carboxylic acids is 1. The van der Waals surface area contributed by atoms with Crippen LogP contribution in [0.1, 0.15) is 56.3 Å². The van der Waals surface area contributed by atoms with Gasteiger partial charge in [-0.15, -0.1) is 0 Å². The average Bonchev–Trinajstić information content (AvgIpc) is 2.69. The monoisotopic (exact) mass is 253 g/mol. The largest absolute Gasteiger partial charge is 0.464 e. The van der Waals surface area contributed by atoms with Crippen molar-refractivity contribution < 1.29 is 9.53 Å². The van der Waals surface area contributed by atoms with Crippen molar-refractivity contribution in [2.24, 2.45) is 0 Å². The number of hydrogen-bond donors (Lipinski definition) is 1. The van der Waals surface area contributed by atoms with Gasteiger partial charge in [-0.05, 0) is 26.2 Å². The fourth-order valence-corrected chi connectivity index (χ4v) is 2.62. The van der Waals surface area contributed by atoms with Crippen LogP contribution in [0.15, 0.2) is 0 Å². The van der Waals surface area contributed by atoms with Crippen molar-refractivity contribution in [1.29, 1.82) is 0 Å². The molecule has 1 aromatic rings. The first-order valence-electron chi connectivity index (χ1n) is 6.41. The van der Waals surface area contributed by atoms with Crippen LogP contribution >= 0.6 is 0 Å². The molecule has 1 heterocycles. The summed E-state index contributed by atoms with van der Waals surface area (Å²) in [5.74, 6) is 0.690. The second-order valence-corrected chi connectivity index (χ2v) is 4.50. The maximum atomic E-state index is 11.6. The summed E-state index contributed by atoms with van der Waals surface area (Å²) < 4.78 is 6.69. The number of methoxy groups -OCH3 is 1. The van der Waals surface area contributed by atoms with Gasteiger partial charge in [-0.1, -0.05) is 20.8 Å². The molecule has 0 aliphatic carbocycles. The Kier molecular flexibility index (Phi) is 4.38. The number of anilines is 1. The lowest BCUT2D eigenvalue weighted by Crippen LogP contribution is -2.33. The van der Waals surface area contributed by atoms with Crippen molar-refractivity contribution in [1.82, 2.24) is 9.55 Å². The summed E-state index contributed by atoms with van der Waals surface area (Å²) in [6.45, 7) is 8.26. The zero-order valence-corrected chi connectivity index (χ0v) is 11.9. The summed E-state index contributed by atoms with van der Waals surface area (Å²) in [5, 5.41) is 0. The van der Waals surface area contributed by atoms with Crippen LogP contribution in [0.3, 0.4) is 0 Å². The zero-order chi connectivity index (χ0) is 13.9. The van der Waals surface area contributed by atoms with E-state index in [9.17, 15) is 4.79 Å². The standard InChI is InChI=1S/C13H23N3O2/c1-6-13(7-2,8-3)16-9(4)15-10(11(16)14)12(17)18-5/h6-8,14H2,1-5H3. The molecular formula is C13H23N3O2. The molecule has 0 amide bonds. The highest BCUT2D eigenvalue weighted by molar-refractivity contribution is 5.92. The third-order valence-electron chi connectivity index (χ3n) is 3.91. The Morgan fingerprint density at radius 2 is 1.83 bits per heavy atom. The molecule has 0 aromatic carbocycles. The van der Waals surface area contributed by atoms with Gasteiger partial charge in [0.05, 0.1) is 7.11 Å². The fraction of sp³-hybridized carbons (Fsp3) is 0.692. The number of nitrogens with zero attached hydrogens (tertiary/aromatic N) is 2. The number of hydrogen-bond acceptors (Lipinski definition) is 4. The van der Waals surface area contributed by atoms with Gasteiger partial charge in [0.2, 0.25) is 0 Å². The predicted molar refractivity (Wildman–Crippen MR) is 71.6 cm³/mol. The van der Waals surface area contributed by atoms with Crippen LogP contribution < -0.4 is 5.73 Å². The molecule has 1 rings (SSSR count). The minimum atomic E-state index is -0.480. The van der Waals surface area contributed by atoms with Crippen molar-refractivity contribution in [2.45, 2.75) is 52.5 Å². The molecular weight excluding hydrogens is 230 g/mol. The number of rotatable bonds is 5. The van der Waals surface area contributed by atoms with E-state index in [1.54, 1.807) is 0 Å². The minimum Gasteiger partial charge on any atom is -0.464 e. The Bertz CT molecular complexity index is 425. The van der Waals surface area contributed by atoms with Gasteiger partial charge in [-0.25, -0.2) is 9.78 Å². The Labute approximate surface area is 108 Å².